The first-order valence-electron chi connectivity index (χ1n) is 13.7. The average Bonchev–Trinajstić information content (AvgIpc) is 3.55. The van der Waals surface area contributed by atoms with E-state index >= 15 is 0 Å². The number of nitrogens with two attached hydrogens (primary N) is 1. The molecule has 0 saturated heterocycles. The maximum Gasteiger partial charge on any atom is 0.338 e. The van der Waals surface area contributed by atoms with Crippen molar-refractivity contribution in [2.45, 2.75) is 72.6 Å². The highest BCUT2D eigenvalue weighted by molar-refractivity contribution is 5.98. The van der Waals surface area contributed by atoms with Gasteiger partial charge >= 0.3 is 5.97 Å². The average molecular weight is 574 g/mol. The molecule has 220 valence electrons. The summed E-state index contributed by atoms with van der Waals surface area (Å²) < 4.78 is 20.2. The Bertz CT molecular complexity index is 1670. The Morgan fingerprint density at radius 2 is 1.88 bits per heavy atom. The molecule has 0 fully saturated rings. The molecule has 0 aliphatic heterocycles. The molecule has 10 heteroatoms. The third kappa shape index (κ3) is 6.88. The molecule has 1 aliphatic carbocycles. The minimum atomic E-state index is -0.459. The second-order valence-electron chi connectivity index (χ2n) is 11.4. The molecule has 1 amide bonds. The number of halogens is 1. The van der Waals surface area contributed by atoms with Crippen LogP contribution < -0.4 is 11.1 Å². The van der Waals surface area contributed by atoms with E-state index < -0.39 is 11.5 Å². The molecule has 2 heterocycles. The van der Waals surface area contributed by atoms with Crippen LogP contribution in [0.25, 0.3) is 5.78 Å². The zero-order chi connectivity index (χ0) is 30.8. The maximum absolute atomic E-state index is 13.3. The summed E-state index contributed by atoms with van der Waals surface area (Å²) >= 11 is 0. The van der Waals surface area contributed by atoms with E-state index in [0.717, 1.165) is 24.0 Å². The fraction of sp³-hybridized carbons (Fsp3) is 0.344. The standard InChI is InChI=1S/C17H15FN4O2.C15H21NO2/c1-10-7-12(3-4-13(10)18)9-20-16(24)14-8-15(11(2)23)22-6-5-19-17(22)21-14;1-9-10-7-8-13(16)12(10)6-5-11(9)14(17)18-15(2,3)4/h3-8H,9H2,1-2H3,(H,20,24);5-6,13H,7-8,16H2,1-4H3/t;13-/m.0/s1. The molecule has 9 nitrogen and oxygen atoms in total. The quantitative estimate of drug-likeness (QED) is 0.248. The zero-order valence-electron chi connectivity index (χ0n) is 24.7. The second-order valence-corrected chi connectivity index (χ2v) is 11.4. The molecule has 5 rings (SSSR count). The van der Waals surface area contributed by atoms with Crippen LogP contribution in [0, 0.1) is 19.7 Å². The smallest absolute Gasteiger partial charge is 0.338 e. The van der Waals surface area contributed by atoms with Gasteiger partial charge in [-0.05, 0) is 93.5 Å². The summed E-state index contributed by atoms with van der Waals surface area (Å²) in [6.07, 6.45) is 5.05. The first kappa shape index (κ1) is 30.5. The molecular formula is C32H36FN5O4. The number of carbonyl (C=O) groups is 3. The van der Waals surface area contributed by atoms with Crippen molar-refractivity contribution in [3.05, 3.63) is 99.4 Å². The summed E-state index contributed by atoms with van der Waals surface area (Å²) in [4.78, 5) is 44.3. The van der Waals surface area contributed by atoms with Gasteiger partial charge in [0.2, 0.25) is 5.78 Å². The van der Waals surface area contributed by atoms with E-state index in [-0.39, 0.29) is 41.6 Å². The molecule has 0 saturated carbocycles. The fourth-order valence-corrected chi connectivity index (χ4v) is 4.85. The van der Waals surface area contributed by atoms with Crippen molar-refractivity contribution in [1.82, 2.24) is 19.7 Å². The van der Waals surface area contributed by atoms with Gasteiger partial charge in [-0.15, -0.1) is 0 Å². The Morgan fingerprint density at radius 1 is 1.14 bits per heavy atom. The number of aryl methyl sites for hydroxylation is 1. The molecule has 0 radical (unpaired) electrons. The molecule has 0 spiro atoms. The Hall–Kier alpha value is -4.44. The molecule has 4 aromatic rings. The Balaban J connectivity index is 0.000000201. The number of rotatable bonds is 5. The number of carbonyl (C=O) groups excluding carboxylic acids is 3. The Kier molecular flexibility index (Phi) is 8.86. The van der Waals surface area contributed by atoms with Gasteiger partial charge in [-0.1, -0.05) is 18.2 Å². The van der Waals surface area contributed by atoms with Crippen LogP contribution in [0.5, 0.6) is 0 Å². The Morgan fingerprint density at radius 3 is 2.55 bits per heavy atom. The summed E-state index contributed by atoms with van der Waals surface area (Å²) in [6.45, 7) is 10.9. The monoisotopic (exact) mass is 573 g/mol. The number of esters is 1. The number of aromatic nitrogens is 3. The van der Waals surface area contributed by atoms with E-state index in [9.17, 15) is 18.8 Å². The number of nitrogens with one attached hydrogen (secondary N) is 1. The molecule has 3 N–H and O–H groups in total. The number of Topliss-reactive ketones (excluding diaryl/α,β-unsaturated/α-hetero) is 1. The van der Waals surface area contributed by atoms with Gasteiger partial charge in [0.15, 0.2) is 5.78 Å². The van der Waals surface area contributed by atoms with Crippen LogP contribution in [0.1, 0.15) is 99.3 Å². The van der Waals surface area contributed by atoms with Crippen molar-refractivity contribution in [2.24, 2.45) is 5.73 Å². The van der Waals surface area contributed by atoms with E-state index in [2.05, 4.69) is 15.3 Å². The summed E-state index contributed by atoms with van der Waals surface area (Å²) in [6, 6.07) is 10.00. The van der Waals surface area contributed by atoms with Crippen molar-refractivity contribution in [1.29, 1.82) is 0 Å². The summed E-state index contributed by atoms with van der Waals surface area (Å²) in [5.41, 5.74) is 11.4. The minimum absolute atomic E-state index is 0.109. The highest BCUT2D eigenvalue weighted by Crippen LogP contribution is 2.33. The normalized spacial score (nSPS) is 14.1. The number of nitrogens with zero attached hydrogens (tertiary/aromatic N) is 3. The van der Waals surface area contributed by atoms with Crippen molar-refractivity contribution in [2.75, 3.05) is 0 Å². The van der Waals surface area contributed by atoms with Gasteiger partial charge in [-0.3, -0.25) is 14.0 Å². The third-order valence-corrected chi connectivity index (χ3v) is 7.00. The van der Waals surface area contributed by atoms with E-state index in [4.69, 9.17) is 10.5 Å². The van der Waals surface area contributed by atoms with Crippen molar-refractivity contribution in [3.8, 4) is 0 Å². The van der Waals surface area contributed by atoms with Crippen LogP contribution in [-0.2, 0) is 17.7 Å². The topological polar surface area (TPSA) is 129 Å². The maximum atomic E-state index is 13.3. The number of benzene rings is 2. The lowest BCUT2D eigenvalue weighted by molar-refractivity contribution is 0.00683. The summed E-state index contributed by atoms with van der Waals surface area (Å²) in [5.74, 6) is -0.870. The number of imidazole rings is 1. The van der Waals surface area contributed by atoms with Crippen molar-refractivity contribution in [3.63, 3.8) is 0 Å². The van der Waals surface area contributed by atoms with E-state index in [1.165, 1.54) is 40.8 Å². The molecule has 42 heavy (non-hydrogen) atoms. The number of ether oxygens (including phenoxy) is 1. The molecule has 0 unspecified atom stereocenters. The SMILES string of the molecule is CC(=O)c1cc(C(=O)NCc2ccc(F)c(C)c2)nc2nccn12.Cc1c(C(=O)OC(C)(C)C)ccc2c1CC[C@@H]2N. The lowest BCUT2D eigenvalue weighted by Crippen LogP contribution is -2.25. The first-order chi connectivity index (χ1) is 19.7. The van der Waals surface area contributed by atoms with E-state index in [1.807, 2.05) is 39.8 Å². The molecule has 1 atom stereocenters. The lowest BCUT2D eigenvalue weighted by Gasteiger charge is -2.21. The van der Waals surface area contributed by atoms with E-state index in [0.29, 0.717) is 16.8 Å². The minimum Gasteiger partial charge on any atom is -0.456 e. The van der Waals surface area contributed by atoms with Gasteiger partial charge in [-0.2, -0.15) is 0 Å². The lowest BCUT2D eigenvalue weighted by atomic mass is 9.98. The van der Waals surface area contributed by atoms with Gasteiger partial charge in [0.1, 0.15) is 17.1 Å². The number of hydrogen-bond acceptors (Lipinski definition) is 7. The van der Waals surface area contributed by atoms with Crippen LogP contribution in [0.3, 0.4) is 0 Å². The van der Waals surface area contributed by atoms with E-state index in [1.54, 1.807) is 25.3 Å². The molecule has 0 bridgehead atoms. The Labute approximate surface area is 244 Å². The van der Waals surface area contributed by atoms with Crippen LogP contribution in [0.4, 0.5) is 4.39 Å². The van der Waals surface area contributed by atoms with Crippen molar-refractivity contribution >= 4 is 23.4 Å². The number of fused-ring (bicyclic) bond motifs is 2. The largest absolute Gasteiger partial charge is 0.456 e. The van der Waals surface area contributed by atoms with Crippen molar-refractivity contribution < 1.29 is 23.5 Å². The fourth-order valence-electron chi connectivity index (χ4n) is 4.85. The van der Waals surface area contributed by atoms with Gasteiger partial charge in [0.05, 0.1) is 11.3 Å². The summed E-state index contributed by atoms with van der Waals surface area (Å²) in [7, 11) is 0. The third-order valence-electron chi connectivity index (χ3n) is 7.00. The van der Waals surface area contributed by atoms with Gasteiger partial charge in [0, 0.05) is 31.9 Å². The number of ketones is 1. The molecule has 1 aliphatic rings. The van der Waals surface area contributed by atoms with Crippen LogP contribution in [0.15, 0.2) is 48.8 Å². The first-order valence-corrected chi connectivity index (χ1v) is 13.7. The van der Waals surface area contributed by atoms with Crippen LogP contribution in [0.2, 0.25) is 0 Å². The molecule has 2 aromatic carbocycles. The molecule has 2 aromatic heterocycles. The highest BCUT2D eigenvalue weighted by Gasteiger charge is 2.26. The van der Waals surface area contributed by atoms with Crippen LogP contribution in [-0.4, -0.2) is 37.6 Å². The zero-order valence-corrected chi connectivity index (χ0v) is 24.7. The summed E-state index contributed by atoms with van der Waals surface area (Å²) in [5, 5.41) is 2.71. The number of amides is 1. The van der Waals surface area contributed by atoms with Crippen LogP contribution >= 0.6 is 0 Å². The van der Waals surface area contributed by atoms with Gasteiger partial charge < -0.3 is 15.8 Å². The second kappa shape index (κ2) is 12.2. The molecular weight excluding hydrogens is 537 g/mol. The predicted octanol–water partition coefficient (Wildman–Crippen LogP) is 5.21. The highest BCUT2D eigenvalue weighted by atomic mass is 19.1. The van der Waals surface area contributed by atoms with Gasteiger partial charge in [-0.25, -0.2) is 19.2 Å². The number of hydrogen-bond donors (Lipinski definition) is 2. The van der Waals surface area contributed by atoms with Gasteiger partial charge in [0.25, 0.3) is 5.91 Å². The predicted molar refractivity (Wildman–Crippen MR) is 157 cm³/mol.